The number of pyridine rings is 1. The molecule has 4 amide bonds. The number of para-hydroxylation sites is 1. The Morgan fingerprint density at radius 2 is 1.65 bits per heavy atom. The molecule has 2 fully saturated rings. The number of hydrogen-bond acceptors (Lipinski definition) is 7. The number of methoxy groups -OCH3 is 1. The highest BCUT2D eigenvalue weighted by Gasteiger charge is 2.48. The smallest absolute Gasteiger partial charge is 0.255 e. The number of ether oxygens (including phenoxy) is 2. The van der Waals surface area contributed by atoms with Crippen molar-refractivity contribution >= 4 is 34.5 Å². The number of amides is 4. The molecule has 2 aliphatic heterocycles. The van der Waals surface area contributed by atoms with E-state index in [1.54, 1.807) is 34.2 Å². The Hall–Kier alpha value is -4.67. The van der Waals surface area contributed by atoms with E-state index in [1.165, 1.54) is 14.2 Å². The van der Waals surface area contributed by atoms with Crippen LogP contribution in [0.15, 0.2) is 54.7 Å². The highest BCUT2D eigenvalue weighted by molar-refractivity contribution is 5.98. The molecule has 3 heterocycles. The minimum atomic E-state index is -0.602. The normalized spacial score (nSPS) is 19.6. The van der Waals surface area contributed by atoms with Gasteiger partial charge in [0, 0.05) is 50.4 Å². The maximum absolute atomic E-state index is 13.7. The average molecular weight is 588 g/mol. The Bertz CT molecular complexity index is 1540. The maximum Gasteiger partial charge on any atom is 0.255 e. The van der Waals surface area contributed by atoms with Crippen molar-refractivity contribution in [2.24, 2.45) is 17.8 Å². The van der Waals surface area contributed by atoms with Crippen molar-refractivity contribution in [3.8, 4) is 11.5 Å². The molecule has 3 atom stereocenters. The predicted molar refractivity (Wildman–Crippen MR) is 160 cm³/mol. The summed E-state index contributed by atoms with van der Waals surface area (Å²) < 4.78 is 11.3. The molecule has 0 spiro atoms. The predicted octanol–water partition coefficient (Wildman–Crippen LogP) is 2.35. The summed E-state index contributed by atoms with van der Waals surface area (Å²) in [6, 6.07) is 14.5. The Morgan fingerprint density at radius 1 is 0.930 bits per heavy atom. The number of hydrogen-bond donors (Lipinski definition) is 2. The second-order valence-electron chi connectivity index (χ2n) is 11.3. The van der Waals surface area contributed by atoms with Gasteiger partial charge in [-0.1, -0.05) is 18.2 Å². The molecule has 2 aromatic carbocycles. The number of rotatable bonds is 8. The third-order valence-corrected chi connectivity index (χ3v) is 8.10. The van der Waals surface area contributed by atoms with E-state index in [-0.39, 0.29) is 54.7 Å². The molecule has 226 valence electrons. The molecule has 11 nitrogen and oxygen atoms in total. The number of piperidine rings is 1. The fourth-order valence-electron chi connectivity index (χ4n) is 5.98. The number of nitrogens with zero attached hydrogens (tertiary/aromatic N) is 3. The molecule has 43 heavy (non-hydrogen) atoms. The van der Waals surface area contributed by atoms with Crippen molar-refractivity contribution in [3.63, 3.8) is 0 Å². The van der Waals surface area contributed by atoms with Crippen LogP contribution < -0.4 is 20.1 Å². The van der Waals surface area contributed by atoms with E-state index < -0.39 is 5.92 Å². The molecule has 0 aliphatic carbocycles. The molecule has 2 aliphatic rings. The zero-order chi connectivity index (χ0) is 30.7. The third kappa shape index (κ3) is 6.40. The van der Waals surface area contributed by atoms with Crippen LogP contribution in [0.3, 0.4) is 0 Å². The summed E-state index contributed by atoms with van der Waals surface area (Å²) >= 11 is 0. The summed E-state index contributed by atoms with van der Waals surface area (Å²) in [4.78, 5) is 60.5. The first-order valence-electron chi connectivity index (χ1n) is 14.4. The highest BCUT2D eigenvalue weighted by atomic mass is 16.5. The Kier molecular flexibility index (Phi) is 8.79. The van der Waals surface area contributed by atoms with Crippen LogP contribution >= 0.6 is 0 Å². The van der Waals surface area contributed by atoms with Gasteiger partial charge in [0.25, 0.3) is 11.8 Å². The van der Waals surface area contributed by atoms with Crippen molar-refractivity contribution < 1.29 is 28.7 Å². The molecule has 11 heteroatoms. The molecule has 1 aromatic heterocycles. The summed E-state index contributed by atoms with van der Waals surface area (Å²) in [6.45, 7) is 4.96. The monoisotopic (exact) mass is 587 g/mol. The zero-order valence-electron chi connectivity index (χ0n) is 24.8. The average Bonchev–Trinajstić information content (AvgIpc) is 3.46. The first-order valence-corrected chi connectivity index (χ1v) is 14.4. The summed E-state index contributed by atoms with van der Waals surface area (Å²) in [6.07, 6.45) is 1.50. The fraction of sp³-hybridized carbons (Fsp3) is 0.406. The summed E-state index contributed by atoms with van der Waals surface area (Å²) in [5, 5.41) is 6.06. The number of fused-ring (bicyclic) bond motifs is 2. The molecule has 3 unspecified atom stereocenters. The third-order valence-electron chi connectivity index (χ3n) is 8.10. The van der Waals surface area contributed by atoms with Crippen LogP contribution in [0.25, 0.3) is 10.9 Å². The second-order valence-corrected chi connectivity index (χ2v) is 11.3. The molecule has 5 rings (SSSR count). The first-order chi connectivity index (χ1) is 20.7. The number of nitrogens with one attached hydrogen (secondary N) is 2. The van der Waals surface area contributed by atoms with Crippen LogP contribution in [0.4, 0.5) is 0 Å². The van der Waals surface area contributed by atoms with Gasteiger partial charge in [-0.25, -0.2) is 0 Å². The molecule has 2 saturated heterocycles. The Balaban J connectivity index is 1.38. The van der Waals surface area contributed by atoms with Gasteiger partial charge >= 0.3 is 0 Å². The van der Waals surface area contributed by atoms with E-state index in [4.69, 9.17) is 9.47 Å². The van der Waals surface area contributed by atoms with Gasteiger partial charge in [-0.15, -0.1) is 0 Å². The molecule has 0 radical (unpaired) electrons. The summed E-state index contributed by atoms with van der Waals surface area (Å²) in [5.41, 5.74) is 1.67. The lowest BCUT2D eigenvalue weighted by Gasteiger charge is -2.39. The minimum Gasteiger partial charge on any atom is -0.493 e. The van der Waals surface area contributed by atoms with Crippen LogP contribution in [-0.2, 0) is 9.59 Å². The van der Waals surface area contributed by atoms with Crippen molar-refractivity contribution in [2.75, 3.05) is 46.9 Å². The maximum atomic E-state index is 13.7. The molecule has 2 N–H and O–H groups in total. The van der Waals surface area contributed by atoms with Gasteiger partial charge in [-0.2, -0.15) is 0 Å². The van der Waals surface area contributed by atoms with Crippen molar-refractivity contribution in [1.29, 1.82) is 0 Å². The largest absolute Gasteiger partial charge is 0.493 e. The van der Waals surface area contributed by atoms with Crippen LogP contribution in [0.1, 0.15) is 34.6 Å². The van der Waals surface area contributed by atoms with E-state index in [9.17, 15) is 19.2 Å². The van der Waals surface area contributed by atoms with E-state index in [0.717, 1.165) is 10.9 Å². The van der Waals surface area contributed by atoms with Gasteiger partial charge in [0.1, 0.15) is 0 Å². The van der Waals surface area contributed by atoms with Crippen molar-refractivity contribution in [1.82, 2.24) is 25.4 Å². The number of carbonyl (C=O) groups excluding carboxylic acids is 4. The number of aromatic nitrogens is 1. The van der Waals surface area contributed by atoms with Crippen LogP contribution in [0.2, 0.25) is 0 Å². The van der Waals surface area contributed by atoms with E-state index in [0.29, 0.717) is 42.3 Å². The Morgan fingerprint density at radius 3 is 2.37 bits per heavy atom. The SMILES string of the molecule is CNC(=O)CNC(=O)C1CN(C(=O)c2cnc3ccccc3c2)CC2CN(C(=O)c3ccc(OC(C)C)c(OC)c3)CC21. The van der Waals surface area contributed by atoms with Gasteiger partial charge in [0.05, 0.1) is 36.8 Å². The molecular weight excluding hydrogens is 550 g/mol. The van der Waals surface area contributed by atoms with Gasteiger partial charge in [0.15, 0.2) is 11.5 Å². The van der Waals surface area contributed by atoms with Crippen molar-refractivity contribution in [2.45, 2.75) is 20.0 Å². The first kappa shape index (κ1) is 29.8. The molecular formula is C32H37N5O6. The standard InChI is InChI=1S/C32H37N5O6/c1-19(2)43-27-10-9-21(12-28(27)42-4)31(40)36-15-23-16-37(18-25(24(23)17-36)30(39)35-14-29(38)33-3)32(41)22-11-20-7-5-6-8-26(20)34-13-22/h5-13,19,23-25H,14-18H2,1-4H3,(H,33,38)(H,35,39). The quantitative estimate of drug-likeness (QED) is 0.414. The number of carbonyl (C=O) groups is 4. The second kappa shape index (κ2) is 12.7. The number of benzene rings is 2. The van der Waals surface area contributed by atoms with E-state index in [1.807, 2.05) is 44.2 Å². The van der Waals surface area contributed by atoms with Gasteiger partial charge in [0.2, 0.25) is 11.8 Å². The lowest BCUT2D eigenvalue weighted by atomic mass is 9.79. The number of likely N-dealkylation sites (tertiary alicyclic amines) is 2. The molecule has 0 bridgehead atoms. The van der Waals surface area contributed by atoms with Crippen molar-refractivity contribution in [3.05, 3.63) is 65.9 Å². The van der Waals surface area contributed by atoms with Crippen LogP contribution in [0, 0.1) is 17.8 Å². The topological polar surface area (TPSA) is 130 Å². The van der Waals surface area contributed by atoms with Crippen LogP contribution in [0.5, 0.6) is 11.5 Å². The van der Waals surface area contributed by atoms with Gasteiger partial charge in [-0.3, -0.25) is 24.2 Å². The minimum absolute atomic E-state index is 0.0558. The van der Waals surface area contributed by atoms with E-state index in [2.05, 4.69) is 15.6 Å². The highest BCUT2D eigenvalue weighted by Crippen LogP contribution is 2.37. The summed E-state index contributed by atoms with van der Waals surface area (Å²) in [5.74, 6) is -0.959. The molecule has 0 saturated carbocycles. The molecule has 3 aromatic rings. The lowest BCUT2D eigenvalue weighted by molar-refractivity contribution is -0.131. The van der Waals surface area contributed by atoms with E-state index >= 15 is 0 Å². The van der Waals surface area contributed by atoms with Gasteiger partial charge in [-0.05, 0) is 56.0 Å². The Labute approximate surface area is 250 Å². The number of likely N-dealkylation sites (N-methyl/N-ethyl adjacent to an activating group) is 1. The fourth-order valence-corrected chi connectivity index (χ4v) is 5.98. The van der Waals surface area contributed by atoms with Gasteiger partial charge < -0.3 is 29.9 Å². The lowest BCUT2D eigenvalue weighted by Crippen LogP contribution is -2.53. The summed E-state index contributed by atoms with van der Waals surface area (Å²) in [7, 11) is 3.03. The zero-order valence-corrected chi connectivity index (χ0v) is 24.8. The van der Waals surface area contributed by atoms with Crippen LogP contribution in [-0.4, -0.2) is 91.4 Å².